The summed E-state index contributed by atoms with van der Waals surface area (Å²) in [6.07, 6.45) is 7.39. The molecule has 5 heteroatoms. The van der Waals surface area contributed by atoms with Gasteiger partial charge in [-0.05, 0) is 31.9 Å². The van der Waals surface area contributed by atoms with Crippen LogP contribution in [0.4, 0.5) is 5.69 Å². The summed E-state index contributed by atoms with van der Waals surface area (Å²) in [5.41, 5.74) is 1.28. The highest BCUT2D eigenvalue weighted by molar-refractivity contribution is 5.93. The summed E-state index contributed by atoms with van der Waals surface area (Å²) < 4.78 is 0. The summed E-state index contributed by atoms with van der Waals surface area (Å²) in [6, 6.07) is 3.62. The zero-order valence-electron chi connectivity index (χ0n) is 12.7. The molecular weight excluding hydrogens is 266 g/mol. The number of aliphatic hydroxyl groups is 1. The molecule has 0 saturated heterocycles. The van der Waals surface area contributed by atoms with Crippen LogP contribution in [0.15, 0.2) is 18.3 Å². The van der Waals surface area contributed by atoms with E-state index in [1.165, 1.54) is 19.3 Å². The monoisotopic (exact) mass is 291 g/mol. The summed E-state index contributed by atoms with van der Waals surface area (Å²) in [5.74, 6) is -0.157. The van der Waals surface area contributed by atoms with E-state index < -0.39 is 0 Å². The summed E-state index contributed by atoms with van der Waals surface area (Å²) in [7, 11) is 0. The highest BCUT2D eigenvalue weighted by Crippen LogP contribution is 2.35. The zero-order valence-corrected chi connectivity index (χ0v) is 12.7. The number of hydrogen-bond acceptors (Lipinski definition) is 4. The fraction of sp³-hybridized carbons (Fsp3) is 0.625. The number of nitrogens with one attached hydrogen (secondary N) is 2. The maximum atomic E-state index is 11.8. The van der Waals surface area contributed by atoms with Gasteiger partial charge in [0.1, 0.15) is 5.69 Å². The molecule has 0 bridgehead atoms. The molecular formula is C16H25N3O2. The number of carbonyl (C=O) groups is 1. The van der Waals surface area contributed by atoms with Gasteiger partial charge in [0.25, 0.3) is 5.91 Å². The lowest BCUT2D eigenvalue weighted by Crippen LogP contribution is -2.35. The van der Waals surface area contributed by atoms with Crippen molar-refractivity contribution >= 4 is 11.6 Å². The van der Waals surface area contributed by atoms with Gasteiger partial charge in [0.15, 0.2) is 0 Å². The van der Waals surface area contributed by atoms with E-state index in [0.29, 0.717) is 12.2 Å². The molecule has 0 radical (unpaired) electrons. The second kappa shape index (κ2) is 7.41. The van der Waals surface area contributed by atoms with Crippen LogP contribution in [-0.4, -0.2) is 35.7 Å². The van der Waals surface area contributed by atoms with E-state index in [9.17, 15) is 9.90 Å². The third kappa shape index (κ3) is 4.17. The molecule has 5 nitrogen and oxygen atoms in total. The van der Waals surface area contributed by atoms with Crippen molar-refractivity contribution in [2.75, 3.05) is 25.0 Å². The zero-order chi connectivity index (χ0) is 15.1. The van der Waals surface area contributed by atoms with E-state index in [1.54, 1.807) is 12.3 Å². The van der Waals surface area contributed by atoms with Crippen LogP contribution in [0, 0.1) is 5.41 Å². The normalized spacial score (nSPS) is 17.2. The lowest BCUT2D eigenvalue weighted by Gasteiger charge is -2.36. The quantitative estimate of drug-likeness (QED) is 0.751. The molecule has 0 aliphatic heterocycles. The first-order valence-electron chi connectivity index (χ1n) is 7.78. The van der Waals surface area contributed by atoms with E-state index in [4.69, 9.17) is 0 Å². The molecule has 116 valence electrons. The van der Waals surface area contributed by atoms with E-state index >= 15 is 0 Å². The molecule has 1 aliphatic rings. The van der Waals surface area contributed by atoms with Crippen LogP contribution in [0.25, 0.3) is 0 Å². The van der Waals surface area contributed by atoms with Crippen molar-refractivity contribution in [2.24, 2.45) is 5.41 Å². The number of carbonyl (C=O) groups excluding carboxylic acids is 1. The van der Waals surface area contributed by atoms with Crippen LogP contribution in [0.2, 0.25) is 0 Å². The minimum absolute atomic E-state index is 0.0205. The van der Waals surface area contributed by atoms with Gasteiger partial charge in [-0.1, -0.05) is 19.3 Å². The number of pyridine rings is 1. The average Bonchev–Trinajstić information content (AvgIpc) is 2.54. The summed E-state index contributed by atoms with van der Waals surface area (Å²) >= 11 is 0. The molecule has 1 aromatic heterocycles. The smallest absolute Gasteiger partial charge is 0.269 e. The van der Waals surface area contributed by atoms with Crippen molar-refractivity contribution in [3.8, 4) is 0 Å². The second-order valence-electron chi connectivity index (χ2n) is 5.86. The molecule has 3 N–H and O–H groups in total. The minimum Gasteiger partial charge on any atom is -0.396 e. The van der Waals surface area contributed by atoms with Gasteiger partial charge < -0.3 is 15.7 Å². The first-order valence-corrected chi connectivity index (χ1v) is 7.78. The molecule has 0 spiro atoms. The molecule has 1 fully saturated rings. The number of amides is 1. The Kier molecular flexibility index (Phi) is 5.56. The SMILES string of the molecule is CCNC(=O)c1cc(NCC2(CO)CCCCC2)ccn1. The Morgan fingerprint density at radius 1 is 1.38 bits per heavy atom. The third-order valence-electron chi connectivity index (χ3n) is 4.25. The largest absolute Gasteiger partial charge is 0.396 e. The number of aliphatic hydroxyl groups excluding tert-OH is 1. The van der Waals surface area contributed by atoms with Crippen molar-refractivity contribution in [1.82, 2.24) is 10.3 Å². The maximum Gasteiger partial charge on any atom is 0.269 e. The first kappa shape index (κ1) is 15.8. The van der Waals surface area contributed by atoms with Crippen LogP contribution >= 0.6 is 0 Å². The van der Waals surface area contributed by atoms with Crippen molar-refractivity contribution in [3.05, 3.63) is 24.0 Å². The topological polar surface area (TPSA) is 74.2 Å². The molecule has 0 aromatic carbocycles. The Labute approximate surface area is 126 Å². The number of rotatable bonds is 6. The Hall–Kier alpha value is -1.62. The van der Waals surface area contributed by atoms with Crippen molar-refractivity contribution < 1.29 is 9.90 Å². The molecule has 1 saturated carbocycles. The van der Waals surface area contributed by atoms with Crippen molar-refractivity contribution in [1.29, 1.82) is 0 Å². The van der Waals surface area contributed by atoms with E-state index in [-0.39, 0.29) is 17.9 Å². The van der Waals surface area contributed by atoms with Gasteiger partial charge in [-0.2, -0.15) is 0 Å². The summed E-state index contributed by atoms with van der Waals surface area (Å²) in [5, 5.41) is 15.8. The maximum absolute atomic E-state index is 11.8. The Morgan fingerprint density at radius 2 is 2.14 bits per heavy atom. The lowest BCUT2D eigenvalue weighted by atomic mass is 9.74. The Bertz CT molecular complexity index is 470. The van der Waals surface area contributed by atoms with Crippen LogP contribution in [0.5, 0.6) is 0 Å². The molecule has 2 rings (SSSR count). The van der Waals surface area contributed by atoms with Crippen molar-refractivity contribution in [2.45, 2.75) is 39.0 Å². The van der Waals surface area contributed by atoms with Gasteiger partial charge in [-0.3, -0.25) is 9.78 Å². The first-order chi connectivity index (χ1) is 10.2. The summed E-state index contributed by atoms with van der Waals surface area (Å²) in [4.78, 5) is 15.9. The standard InChI is InChI=1S/C16H25N3O2/c1-2-17-15(21)14-10-13(6-9-18-14)19-11-16(12-20)7-4-3-5-8-16/h6,9-10,20H,2-5,7-8,11-12H2,1H3,(H,17,21)(H,18,19). The Morgan fingerprint density at radius 3 is 2.81 bits per heavy atom. The highest BCUT2D eigenvalue weighted by atomic mass is 16.3. The number of aromatic nitrogens is 1. The van der Waals surface area contributed by atoms with Crippen LogP contribution in [-0.2, 0) is 0 Å². The fourth-order valence-corrected chi connectivity index (χ4v) is 2.90. The Balaban J connectivity index is 1.99. The number of nitrogens with zero attached hydrogens (tertiary/aromatic N) is 1. The van der Waals surface area contributed by atoms with E-state index in [2.05, 4.69) is 15.6 Å². The second-order valence-corrected chi connectivity index (χ2v) is 5.86. The van der Waals surface area contributed by atoms with Crippen LogP contribution in [0.3, 0.4) is 0 Å². The molecule has 1 heterocycles. The van der Waals surface area contributed by atoms with Gasteiger partial charge in [-0.15, -0.1) is 0 Å². The van der Waals surface area contributed by atoms with Gasteiger partial charge in [0.05, 0.1) is 6.61 Å². The molecule has 0 unspecified atom stereocenters. The molecule has 0 atom stereocenters. The van der Waals surface area contributed by atoms with Crippen molar-refractivity contribution in [3.63, 3.8) is 0 Å². The summed E-state index contributed by atoms with van der Waals surface area (Å²) in [6.45, 7) is 3.43. The number of anilines is 1. The van der Waals surface area contributed by atoms with Gasteiger partial charge >= 0.3 is 0 Å². The fourth-order valence-electron chi connectivity index (χ4n) is 2.90. The van der Waals surface area contributed by atoms with Crippen LogP contribution in [0.1, 0.15) is 49.5 Å². The highest BCUT2D eigenvalue weighted by Gasteiger charge is 2.31. The van der Waals surface area contributed by atoms with E-state index in [1.807, 2.05) is 13.0 Å². The molecule has 1 amide bonds. The molecule has 1 aliphatic carbocycles. The van der Waals surface area contributed by atoms with E-state index in [0.717, 1.165) is 25.1 Å². The molecule has 21 heavy (non-hydrogen) atoms. The predicted molar refractivity (Wildman–Crippen MR) is 83.3 cm³/mol. The lowest BCUT2D eigenvalue weighted by molar-refractivity contribution is 0.0942. The number of hydrogen-bond donors (Lipinski definition) is 3. The average molecular weight is 291 g/mol. The molecule has 1 aromatic rings. The van der Waals surface area contributed by atoms with Crippen LogP contribution < -0.4 is 10.6 Å². The third-order valence-corrected chi connectivity index (χ3v) is 4.25. The predicted octanol–water partition coefficient (Wildman–Crippen LogP) is 2.19. The minimum atomic E-state index is -0.157. The van der Waals surface area contributed by atoms with Gasteiger partial charge in [0.2, 0.25) is 0 Å². The van der Waals surface area contributed by atoms with Gasteiger partial charge in [-0.25, -0.2) is 0 Å². The van der Waals surface area contributed by atoms with Gasteiger partial charge in [0, 0.05) is 30.4 Å².